The molecule has 1 aliphatic heterocycles. The molecule has 1 unspecified atom stereocenters. The molecule has 0 radical (unpaired) electrons. The van der Waals surface area contributed by atoms with Crippen molar-refractivity contribution in [3.63, 3.8) is 0 Å². The molecule has 0 aliphatic carbocycles. The fourth-order valence-electron chi connectivity index (χ4n) is 3.28. The van der Waals surface area contributed by atoms with E-state index in [9.17, 15) is 0 Å². The minimum Gasteiger partial charge on any atom is -0.366 e. The van der Waals surface area contributed by atoms with Crippen molar-refractivity contribution in [2.75, 3.05) is 31.6 Å². The quantitative estimate of drug-likeness (QED) is 0.465. The first-order valence-corrected chi connectivity index (χ1v) is 9.44. The smallest absolute Gasteiger partial charge is 0.191 e. The number of aromatic nitrogens is 1. The molecule has 1 aromatic carbocycles. The van der Waals surface area contributed by atoms with Crippen LogP contribution in [0.3, 0.4) is 0 Å². The van der Waals surface area contributed by atoms with E-state index in [1.165, 1.54) is 11.3 Å². The van der Waals surface area contributed by atoms with Gasteiger partial charge in [0.1, 0.15) is 5.15 Å². The molecule has 0 saturated carbocycles. The molecule has 5 nitrogen and oxygen atoms in total. The Morgan fingerprint density at radius 2 is 2.12 bits per heavy atom. The third-order valence-electron chi connectivity index (χ3n) is 4.74. The van der Waals surface area contributed by atoms with E-state index in [1.807, 2.05) is 18.3 Å². The first kappa shape index (κ1) is 18.5. The van der Waals surface area contributed by atoms with Gasteiger partial charge in [0.05, 0.1) is 0 Å². The average Bonchev–Trinajstić information content (AvgIpc) is 3.10. The minimum atomic E-state index is 0.401. The highest BCUT2D eigenvalue weighted by Gasteiger charge is 2.22. The number of nitrogens with zero attached hydrogens (tertiary/aromatic N) is 3. The molecule has 1 atom stereocenters. The van der Waals surface area contributed by atoms with Crippen LogP contribution in [0.1, 0.15) is 18.1 Å². The van der Waals surface area contributed by atoms with Crippen LogP contribution in [0.2, 0.25) is 5.15 Å². The largest absolute Gasteiger partial charge is 0.366 e. The van der Waals surface area contributed by atoms with Gasteiger partial charge in [-0.15, -0.1) is 0 Å². The van der Waals surface area contributed by atoms with Crippen LogP contribution in [0.4, 0.5) is 5.69 Å². The lowest BCUT2D eigenvalue weighted by Crippen LogP contribution is -2.46. The van der Waals surface area contributed by atoms with Crippen molar-refractivity contribution in [2.45, 2.75) is 25.8 Å². The van der Waals surface area contributed by atoms with Crippen LogP contribution in [0, 0.1) is 0 Å². The molecule has 1 aliphatic rings. The predicted octanol–water partition coefficient (Wildman–Crippen LogP) is 2.89. The lowest BCUT2D eigenvalue weighted by molar-refractivity contribution is 0.625. The van der Waals surface area contributed by atoms with E-state index in [4.69, 9.17) is 11.6 Å². The molecular formula is C20H26ClN5. The van der Waals surface area contributed by atoms with Crippen molar-refractivity contribution >= 4 is 23.2 Å². The molecule has 1 aromatic heterocycles. The topological polar surface area (TPSA) is 52.6 Å². The van der Waals surface area contributed by atoms with E-state index in [0.717, 1.165) is 44.0 Å². The Balaban J connectivity index is 1.45. The van der Waals surface area contributed by atoms with Crippen molar-refractivity contribution in [3.05, 3.63) is 58.9 Å². The monoisotopic (exact) mass is 371 g/mol. The van der Waals surface area contributed by atoms with Crippen LogP contribution >= 0.6 is 11.6 Å². The minimum absolute atomic E-state index is 0.401. The van der Waals surface area contributed by atoms with Crippen molar-refractivity contribution in [2.24, 2.45) is 4.99 Å². The second-order valence-electron chi connectivity index (χ2n) is 6.54. The number of fused-ring (bicyclic) bond motifs is 1. The van der Waals surface area contributed by atoms with Gasteiger partial charge in [-0.1, -0.05) is 35.9 Å². The SMILES string of the molecule is CN=C(NCCc1ccc(Cl)nc1)NCC(C)N1CCc2ccccc21. The van der Waals surface area contributed by atoms with Gasteiger partial charge >= 0.3 is 0 Å². The Morgan fingerprint density at radius 1 is 1.27 bits per heavy atom. The van der Waals surface area contributed by atoms with Crippen molar-refractivity contribution < 1.29 is 0 Å². The highest BCUT2D eigenvalue weighted by Crippen LogP contribution is 2.28. The van der Waals surface area contributed by atoms with E-state index < -0.39 is 0 Å². The summed E-state index contributed by atoms with van der Waals surface area (Å²) >= 11 is 5.82. The number of guanidine groups is 1. The summed E-state index contributed by atoms with van der Waals surface area (Å²) in [5.74, 6) is 0.825. The molecule has 0 amide bonds. The zero-order valence-corrected chi connectivity index (χ0v) is 16.1. The van der Waals surface area contributed by atoms with Gasteiger partial charge in [-0.2, -0.15) is 0 Å². The van der Waals surface area contributed by atoms with E-state index >= 15 is 0 Å². The number of hydrogen-bond donors (Lipinski definition) is 2. The van der Waals surface area contributed by atoms with Crippen LogP contribution in [0.25, 0.3) is 0 Å². The summed E-state index contributed by atoms with van der Waals surface area (Å²) in [5, 5.41) is 7.31. The first-order valence-electron chi connectivity index (χ1n) is 9.07. The Labute approximate surface area is 160 Å². The van der Waals surface area contributed by atoms with Crippen LogP contribution < -0.4 is 15.5 Å². The standard InChI is InChI=1S/C20H26ClN5/c1-15(26-12-10-17-5-3-4-6-18(17)26)13-25-20(22-2)23-11-9-16-7-8-19(21)24-14-16/h3-8,14-15H,9-13H2,1-2H3,(H2,22,23,25). The van der Waals surface area contributed by atoms with E-state index in [2.05, 4.69) is 56.7 Å². The summed E-state index contributed by atoms with van der Waals surface area (Å²) in [7, 11) is 1.80. The number of nitrogens with one attached hydrogen (secondary N) is 2. The van der Waals surface area contributed by atoms with Gasteiger partial charge in [-0.3, -0.25) is 4.99 Å². The molecule has 0 spiro atoms. The third-order valence-corrected chi connectivity index (χ3v) is 4.96. The maximum Gasteiger partial charge on any atom is 0.191 e. The number of hydrogen-bond acceptors (Lipinski definition) is 3. The Kier molecular flexibility index (Phi) is 6.34. The van der Waals surface area contributed by atoms with E-state index in [-0.39, 0.29) is 0 Å². The zero-order chi connectivity index (χ0) is 18.4. The summed E-state index contributed by atoms with van der Waals surface area (Å²) in [4.78, 5) is 10.9. The lowest BCUT2D eigenvalue weighted by atomic mass is 10.2. The van der Waals surface area contributed by atoms with Crippen molar-refractivity contribution in [1.82, 2.24) is 15.6 Å². The van der Waals surface area contributed by atoms with Crippen molar-refractivity contribution in [1.29, 1.82) is 0 Å². The maximum atomic E-state index is 5.82. The van der Waals surface area contributed by atoms with Gasteiger partial charge < -0.3 is 15.5 Å². The predicted molar refractivity (Wildman–Crippen MR) is 109 cm³/mol. The Hall–Kier alpha value is -2.27. The van der Waals surface area contributed by atoms with E-state index in [0.29, 0.717) is 11.2 Å². The highest BCUT2D eigenvalue weighted by atomic mass is 35.5. The van der Waals surface area contributed by atoms with Crippen LogP contribution in [0.5, 0.6) is 0 Å². The van der Waals surface area contributed by atoms with Gasteiger partial charge in [0.15, 0.2) is 5.96 Å². The number of rotatable bonds is 6. The molecule has 6 heteroatoms. The lowest BCUT2D eigenvalue weighted by Gasteiger charge is -2.28. The number of pyridine rings is 1. The van der Waals surface area contributed by atoms with Gasteiger partial charge in [-0.25, -0.2) is 4.98 Å². The summed E-state index contributed by atoms with van der Waals surface area (Å²) < 4.78 is 0. The zero-order valence-electron chi connectivity index (χ0n) is 15.4. The molecule has 2 aromatic rings. The molecule has 0 saturated heterocycles. The van der Waals surface area contributed by atoms with E-state index in [1.54, 1.807) is 7.05 Å². The molecular weight excluding hydrogens is 346 g/mol. The number of halogens is 1. The summed E-state index contributed by atoms with van der Waals surface area (Å²) in [6.45, 7) is 4.97. The Bertz CT molecular complexity index is 744. The van der Waals surface area contributed by atoms with Crippen molar-refractivity contribution in [3.8, 4) is 0 Å². The van der Waals surface area contributed by atoms with Crippen LogP contribution in [0.15, 0.2) is 47.6 Å². The molecule has 138 valence electrons. The van der Waals surface area contributed by atoms with Crippen LogP contribution in [-0.4, -0.2) is 43.7 Å². The third kappa shape index (κ3) is 4.67. The molecule has 0 bridgehead atoms. The summed E-state index contributed by atoms with van der Waals surface area (Å²) in [6.07, 6.45) is 3.82. The second-order valence-corrected chi connectivity index (χ2v) is 6.93. The molecule has 26 heavy (non-hydrogen) atoms. The Morgan fingerprint density at radius 3 is 2.88 bits per heavy atom. The molecule has 2 N–H and O–H groups in total. The van der Waals surface area contributed by atoms with Gasteiger partial charge in [0, 0.05) is 44.6 Å². The molecule has 0 fully saturated rings. The number of benzene rings is 1. The van der Waals surface area contributed by atoms with Gasteiger partial charge in [0.25, 0.3) is 0 Å². The molecule has 3 rings (SSSR count). The number of para-hydroxylation sites is 1. The van der Waals surface area contributed by atoms with Crippen LogP contribution in [-0.2, 0) is 12.8 Å². The van der Waals surface area contributed by atoms with Gasteiger partial charge in [-0.05, 0) is 43.0 Å². The molecule has 2 heterocycles. The normalized spacial score (nSPS) is 14.9. The second kappa shape index (κ2) is 8.90. The maximum absolute atomic E-state index is 5.82. The highest BCUT2D eigenvalue weighted by molar-refractivity contribution is 6.29. The number of anilines is 1. The number of aliphatic imine (C=N–C) groups is 1. The fourth-order valence-corrected chi connectivity index (χ4v) is 3.39. The van der Waals surface area contributed by atoms with Gasteiger partial charge in [0.2, 0.25) is 0 Å². The average molecular weight is 372 g/mol. The summed E-state index contributed by atoms with van der Waals surface area (Å²) in [6, 6.07) is 12.9. The fraction of sp³-hybridized carbons (Fsp3) is 0.400. The summed E-state index contributed by atoms with van der Waals surface area (Å²) in [5.41, 5.74) is 3.96. The first-order chi connectivity index (χ1) is 12.7.